The van der Waals surface area contributed by atoms with E-state index in [-0.39, 0.29) is 5.91 Å². The first-order valence-electron chi connectivity index (χ1n) is 7.82. The van der Waals surface area contributed by atoms with Gasteiger partial charge in [-0.3, -0.25) is 4.79 Å². The second-order valence-electron chi connectivity index (χ2n) is 5.79. The highest BCUT2D eigenvalue weighted by molar-refractivity contribution is 6.31. The molecule has 1 N–H and O–H groups in total. The Morgan fingerprint density at radius 2 is 1.79 bits per heavy atom. The number of hydrogen-bond donors (Lipinski definition) is 1. The van der Waals surface area contributed by atoms with Gasteiger partial charge in [0.2, 0.25) is 0 Å². The highest BCUT2D eigenvalue weighted by Crippen LogP contribution is 2.29. The van der Waals surface area contributed by atoms with E-state index in [1.54, 1.807) is 25.1 Å². The molecule has 2 rings (SSSR count). The second-order valence-corrected chi connectivity index (χ2v) is 6.22. The number of para-hydroxylation sites is 1. The van der Waals surface area contributed by atoms with Crippen LogP contribution in [0.4, 0.5) is 5.69 Å². The SMILES string of the molecule is COc1ccc(Cl)cc1NC(=O)[C@H](C)Oc1ccccc1C(C)C. The Balaban J connectivity index is 2.12. The predicted molar refractivity (Wildman–Crippen MR) is 97.3 cm³/mol. The summed E-state index contributed by atoms with van der Waals surface area (Å²) in [5.41, 5.74) is 1.58. The molecule has 2 aromatic carbocycles. The molecular weight excluding hydrogens is 326 g/mol. The van der Waals surface area contributed by atoms with Crippen LogP contribution in [-0.2, 0) is 4.79 Å². The lowest BCUT2D eigenvalue weighted by molar-refractivity contribution is -0.122. The first-order valence-corrected chi connectivity index (χ1v) is 8.20. The Hall–Kier alpha value is -2.20. The third-order valence-corrected chi connectivity index (χ3v) is 3.87. The van der Waals surface area contributed by atoms with E-state index in [9.17, 15) is 4.79 Å². The minimum Gasteiger partial charge on any atom is -0.495 e. The molecule has 0 aliphatic carbocycles. The number of halogens is 1. The summed E-state index contributed by atoms with van der Waals surface area (Å²) in [6.45, 7) is 5.89. The van der Waals surface area contributed by atoms with Gasteiger partial charge in [0.15, 0.2) is 6.10 Å². The maximum absolute atomic E-state index is 12.4. The van der Waals surface area contributed by atoms with Crippen LogP contribution in [0.5, 0.6) is 11.5 Å². The van der Waals surface area contributed by atoms with Crippen LogP contribution >= 0.6 is 11.6 Å². The van der Waals surface area contributed by atoms with Gasteiger partial charge < -0.3 is 14.8 Å². The van der Waals surface area contributed by atoms with E-state index in [0.717, 1.165) is 5.56 Å². The number of amides is 1. The lowest BCUT2D eigenvalue weighted by atomic mass is 10.0. The number of carbonyl (C=O) groups excluding carboxylic acids is 1. The summed E-state index contributed by atoms with van der Waals surface area (Å²) in [4.78, 5) is 12.4. The van der Waals surface area contributed by atoms with Gasteiger partial charge in [0.05, 0.1) is 12.8 Å². The summed E-state index contributed by atoms with van der Waals surface area (Å²) in [7, 11) is 1.54. The fourth-order valence-corrected chi connectivity index (χ4v) is 2.49. The van der Waals surface area contributed by atoms with Gasteiger partial charge in [-0.05, 0) is 42.7 Å². The molecule has 0 unspecified atom stereocenters. The van der Waals surface area contributed by atoms with Crippen molar-refractivity contribution >= 4 is 23.2 Å². The lowest BCUT2D eigenvalue weighted by Crippen LogP contribution is -2.30. The Labute approximate surface area is 147 Å². The zero-order valence-electron chi connectivity index (χ0n) is 14.3. The van der Waals surface area contributed by atoms with Crippen molar-refractivity contribution < 1.29 is 14.3 Å². The maximum Gasteiger partial charge on any atom is 0.265 e. The Morgan fingerprint density at radius 3 is 2.46 bits per heavy atom. The van der Waals surface area contributed by atoms with Crippen LogP contribution in [0.3, 0.4) is 0 Å². The van der Waals surface area contributed by atoms with Crippen LogP contribution in [-0.4, -0.2) is 19.1 Å². The van der Waals surface area contributed by atoms with E-state index in [4.69, 9.17) is 21.1 Å². The third kappa shape index (κ3) is 4.42. The molecule has 0 aromatic heterocycles. The van der Waals surface area contributed by atoms with Crippen molar-refractivity contribution in [3.05, 3.63) is 53.1 Å². The van der Waals surface area contributed by atoms with Gasteiger partial charge in [0.1, 0.15) is 11.5 Å². The first kappa shape index (κ1) is 18.1. The van der Waals surface area contributed by atoms with Crippen LogP contribution < -0.4 is 14.8 Å². The van der Waals surface area contributed by atoms with Gasteiger partial charge in [-0.2, -0.15) is 0 Å². The van der Waals surface area contributed by atoms with Crippen molar-refractivity contribution in [2.24, 2.45) is 0 Å². The molecule has 1 atom stereocenters. The molecule has 128 valence electrons. The van der Waals surface area contributed by atoms with Gasteiger partial charge in [-0.15, -0.1) is 0 Å². The van der Waals surface area contributed by atoms with E-state index in [2.05, 4.69) is 19.2 Å². The van der Waals surface area contributed by atoms with Crippen LogP contribution in [0.2, 0.25) is 5.02 Å². The highest BCUT2D eigenvalue weighted by atomic mass is 35.5. The molecule has 2 aromatic rings. The zero-order chi connectivity index (χ0) is 17.7. The molecule has 0 saturated carbocycles. The topological polar surface area (TPSA) is 47.6 Å². The minimum absolute atomic E-state index is 0.269. The predicted octanol–water partition coefficient (Wildman–Crippen LogP) is 4.88. The van der Waals surface area contributed by atoms with Crippen LogP contribution in [0, 0.1) is 0 Å². The standard InChI is InChI=1S/C19H22ClNO3/c1-12(2)15-7-5-6-8-17(15)24-13(3)19(22)21-16-11-14(20)9-10-18(16)23-4/h5-13H,1-4H3,(H,21,22)/t13-/m0/s1. The Bertz CT molecular complexity index is 716. The number of methoxy groups -OCH3 is 1. The van der Waals surface area contributed by atoms with E-state index in [1.165, 1.54) is 7.11 Å². The smallest absolute Gasteiger partial charge is 0.265 e. The molecule has 0 fully saturated rings. The van der Waals surface area contributed by atoms with Crippen molar-refractivity contribution in [2.45, 2.75) is 32.8 Å². The van der Waals surface area contributed by atoms with Gasteiger partial charge in [0, 0.05) is 5.02 Å². The van der Waals surface area contributed by atoms with Gasteiger partial charge in [-0.1, -0.05) is 43.6 Å². The maximum atomic E-state index is 12.4. The molecule has 1 amide bonds. The van der Waals surface area contributed by atoms with Crippen molar-refractivity contribution in [1.29, 1.82) is 0 Å². The summed E-state index contributed by atoms with van der Waals surface area (Å²) in [6, 6.07) is 12.8. The fraction of sp³-hybridized carbons (Fsp3) is 0.316. The summed E-state index contributed by atoms with van der Waals surface area (Å²) in [5, 5.41) is 3.32. The molecule has 0 spiro atoms. The van der Waals surface area contributed by atoms with Gasteiger partial charge >= 0.3 is 0 Å². The summed E-state index contributed by atoms with van der Waals surface area (Å²) < 4.78 is 11.1. The molecule has 0 aliphatic heterocycles. The van der Waals surface area contributed by atoms with Gasteiger partial charge in [-0.25, -0.2) is 0 Å². The number of carbonyl (C=O) groups is 1. The molecule has 24 heavy (non-hydrogen) atoms. The van der Waals surface area contributed by atoms with Crippen LogP contribution in [0.25, 0.3) is 0 Å². The monoisotopic (exact) mass is 347 g/mol. The summed E-state index contributed by atoms with van der Waals surface area (Å²) in [6.07, 6.45) is -0.659. The molecular formula is C19H22ClNO3. The Kier molecular flexibility index (Phi) is 6.10. The summed E-state index contributed by atoms with van der Waals surface area (Å²) in [5.74, 6) is 1.30. The van der Waals surface area contributed by atoms with Gasteiger partial charge in [0.25, 0.3) is 5.91 Å². The molecule has 0 radical (unpaired) electrons. The second kappa shape index (κ2) is 8.06. The summed E-state index contributed by atoms with van der Waals surface area (Å²) >= 11 is 5.98. The number of benzene rings is 2. The van der Waals surface area contributed by atoms with Crippen molar-refractivity contribution in [3.8, 4) is 11.5 Å². The van der Waals surface area contributed by atoms with Crippen LogP contribution in [0.1, 0.15) is 32.3 Å². The molecule has 0 aliphatic rings. The number of nitrogens with one attached hydrogen (secondary N) is 1. The Morgan fingerprint density at radius 1 is 1.08 bits per heavy atom. The van der Waals surface area contributed by atoms with Crippen molar-refractivity contribution in [2.75, 3.05) is 12.4 Å². The fourth-order valence-electron chi connectivity index (χ4n) is 2.32. The molecule has 0 saturated heterocycles. The van der Waals surface area contributed by atoms with E-state index in [0.29, 0.717) is 28.1 Å². The highest BCUT2D eigenvalue weighted by Gasteiger charge is 2.18. The van der Waals surface area contributed by atoms with E-state index >= 15 is 0 Å². The van der Waals surface area contributed by atoms with E-state index in [1.807, 2.05) is 24.3 Å². The normalized spacial score (nSPS) is 11.9. The molecule has 4 nitrogen and oxygen atoms in total. The molecule has 5 heteroatoms. The average Bonchev–Trinajstić information content (AvgIpc) is 2.55. The molecule has 0 heterocycles. The minimum atomic E-state index is -0.659. The number of ether oxygens (including phenoxy) is 2. The van der Waals surface area contributed by atoms with Crippen molar-refractivity contribution in [1.82, 2.24) is 0 Å². The quantitative estimate of drug-likeness (QED) is 0.810. The largest absolute Gasteiger partial charge is 0.495 e. The lowest BCUT2D eigenvalue weighted by Gasteiger charge is -2.19. The van der Waals surface area contributed by atoms with Crippen molar-refractivity contribution in [3.63, 3.8) is 0 Å². The van der Waals surface area contributed by atoms with Crippen LogP contribution in [0.15, 0.2) is 42.5 Å². The van der Waals surface area contributed by atoms with E-state index < -0.39 is 6.10 Å². The first-order chi connectivity index (χ1) is 11.4. The third-order valence-electron chi connectivity index (χ3n) is 3.63. The average molecular weight is 348 g/mol. The number of rotatable bonds is 6. The zero-order valence-corrected chi connectivity index (χ0v) is 15.1. The number of anilines is 1. The molecule has 0 bridgehead atoms. The number of hydrogen-bond acceptors (Lipinski definition) is 3.